The Morgan fingerprint density at radius 1 is 1.08 bits per heavy atom. The van der Waals surface area contributed by atoms with Crippen molar-refractivity contribution in [3.05, 3.63) is 82.9 Å². The Labute approximate surface area is 285 Å². The zero-order valence-electron chi connectivity index (χ0n) is 27.6. The number of carbonyl (C=O) groups excluding carboxylic acids is 1. The molecule has 2 aliphatic heterocycles. The van der Waals surface area contributed by atoms with Gasteiger partial charge in [-0.2, -0.15) is 5.10 Å². The molecule has 0 aliphatic carbocycles. The third-order valence-electron chi connectivity index (χ3n) is 9.44. The predicted octanol–water partition coefficient (Wildman–Crippen LogP) is 6.80. The number of fused-ring (bicyclic) bond motifs is 3. The smallest absolute Gasteiger partial charge is 0.246 e. The van der Waals surface area contributed by atoms with Crippen molar-refractivity contribution < 1.29 is 27.4 Å². The normalized spacial score (nSPS) is 17.7. The summed E-state index contributed by atoms with van der Waals surface area (Å²) in [5.41, 5.74) is 4.38. The van der Waals surface area contributed by atoms with Crippen molar-refractivity contribution in [2.45, 2.75) is 45.4 Å². The van der Waals surface area contributed by atoms with E-state index in [0.29, 0.717) is 47.3 Å². The quantitative estimate of drug-likeness (QED) is 0.131. The number of pyridine rings is 2. The number of ether oxygens (including phenoxy) is 2. The number of halogens is 3. The van der Waals surface area contributed by atoms with Gasteiger partial charge >= 0.3 is 0 Å². The lowest BCUT2D eigenvalue weighted by Gasteiger charge is -2.33. The maximum atomic E-state index is 16.2. The third-order valence-corrected chi connectivity index (χ3v) is 10.4. The predicted molar refractivity (Wildman–Crippen MR) is 182 cm³/mol. The van der Waals surface area contributed by atoms with E-state index in [4.69, 9.17) is 24.5 Å². The summed E-state index contributed by atoms with van der Waals surface area (Å²) in [6.45, 7) is 9.33. The van der Waals surface area contributed by atoms with E-state index in [1.807, 2.05) is 13.0 Å². The van der Waals surface area contributed by atoms with Gasteiger partial charge < -0.3 is 14.4 Å². The van der Waals surface area contributed by atoms with E-state index in [9.17, 15) is 9.18 Å². The summed E-state index contributed by atoms with van der Waals surface area (Å²) in [5, 5.41) is 6.33. The topological polar surface area (TPSA) is 85.6 Å². The summed E-state index contributed by atoms with van der Waals surface area (Å²) in [6.07, 6.45) is 3.82. The molecular formula is C36H35F3N6O3S. The van der Waals surface area contributed by atoms with Crippen LogP contribution in [0.1, 0.15) is 36.8 Å². The Hall–Kier alpha value is -4.59. The first-order valence-corrected chi connectivity index (χ1v) is 16.9. The second kappa shape index (κ2) is 13.0. The average molecular weight is 689 g/mol. The average Bonchev–Trinajstić information content (AvgIpc) is 3.69. The van der Waals surface area contributed by atoms with Gasteiger partial charge in [-0.05, 0) is 44.7 Å². The number of rotatable bonds is 8. The van der Waals surface area contributed by atoms with Gasteiger partial charge in [-0.1, -0.05) is 6.58 Å². The van der Waals surface area contributed by atoms with E-state index in [0.717, 1.165) is 46.8 Å². The Morgan fingerprint density at radius 2 is 1.90 bits per heavy atom. The zero-order valence-corrected chi connectivity index (χ0v) is 28.4. The number of thiophene rings is 1. The molecule has 0 N–H and O–H groups in total. The van der Waals surface area contributed by atoms with Crippen molar-refractivity contribution >= 4 is 27.3 Å². The van der Waals surface area contributed by atoms with Crippen LogP contribution in [0, 0.1) is 17.5 Å². The summed E-state index contributed by atoms with van der Waals surface area (Å²) in [6, 6.07) is 5.62. The van der Waals surface area contributed by atoms with Crippen LogP contribution in [-0.2, 0) is 29.0 Å². The molecule has 0 spiro atoms. The number of likely N-dealkylation sites (N-methyl/N-ethyl adjacent to an activating group) is 1. The second-order valence-corrected chi connectivity index (χ2v) is 13.3. The fraction of sp³-hybridized carbons (Fsp3) is 0.333. The first-order valence-electron chi connectivity index (χ1n) is 16.0. The van der Waals surface area contributed by atoms with E-state index >= 15 is 8.78 Å². The molecule has 0 radical (unpaired) electrons. The fourth-order valence-electron chi connectivity index (χ4n) is 6.73. The highest BCUT2D eigenvalue weighted by molar-refractivity contribution is 7.17. The van der Waals surface area contributed by atoms with E-state index in [2.05, 4.69) is 25.5 Å². The summed E-state index contributed by atoms with van der Waals surface area (Å²) in [7, 11) is 3.55. The van der Waals surface area contributed by atoms with Crippen LogP contribution in [0.4, 0.5) is 13.2 Å². The Bertz CT molecular complexity index is 2110. The number of carbonyl (C=O) groups is 1. The highest BCUT2D eigenvalue weighted by Crippen LogP contribution is 2.48. The molecular weight excluding hydrogens is 653 g/mol. The molecule has 2 aliphatic rings. The third kappa shape index (κ3) is 5.79. The van der Waals surface area contributed by atoms with E-state index in [-0.39, 0.29) is 53.1 Å². The lowest BCUT2D eigenvalue weighted by Crippen LogP contribution is -2.40. The van der Waals surface area contributed by atoms with Crippen LogP contribution in [0.3, 0.4) is 0 Å². The van der Waals surface area contributed by atoms with Crippen LogP contribution in [0.15, 0.2) is 48.5 Å². The molecule has 0 bridgehead atoms. The van der Waals surface area contributed by atoms with Crippen LogP contribution in [0.25, 0.3) is 43.9 Å². The Balaban J connectivity index is 1.50. The number of hydrogen-bond donors (Lipinski definition) is 0. The van der Waals surface area contributed by atoms with Gasteiger partial charge in [-0.3, -0.25) is 19.4 Å². The first kappa shape index (κ1) is 32.9. The van der Waals surface area contributed by atoms with Crippen LogP contribution in [0.5, 0.6) is 5.75 Å². The summed E-state index contributed by atoms with van der Waals surface area (Å²) < 4.78 is 60.2. The standard InChI is InChI=1S/C36H35F3N6O3S/c1-6-30(46)44-7-8-45-28(20(44)3)15-27(42-45)35-33(31-24(38)13-23(37)14-29(31)48-10-9-47-5)32-25(39)18-49-36(32)34(41-35)21-12-22-17-43(4)19(2)11-26(22)40-16-21/h6,12-16,18-20H,1,7-11,17H2,2-5H3/t19-,20+/m0/s1. The fourth-order valence-corrected chi connectivity index (χ4v) is 7.66. The van der Waals surface area contributed by atoms with Crippen molar-refractivity contribution in [2.75, 3.05) is 33.9 Å². The molecule has 0 saturated heterocycles. The Kier molecular flexibility index (Phi) is 8.76. The number of nitrogens with zero attached hydrogens (tertiary/aromatic N) is 6. The summed E-state index contributed by atoms with van der Waals surface area (Å²) >= 11 is 1.14. The van der Waals surface area contributed by atoms with E-state index < -0.39 is 17.5 Å². The molecule has 6 heterocycles. The summed E-state index contributed by atoms with van der Waals surface area (Å²) in [5.74, 6) is -2.71. The van der Waals surface area contributed by atoms with Crippen molar-refractivity contribution in [2.24, 2.45) is 0 Å². The highest BCUT2D eigenvalue weighted by Gasteiger charge is 2.32. The van der Waals surface area contributed by atoms with Gasteiger partial charge in [0.1, 0.15) is 41.2 Å². The first-order chi connectivity index (χ1) is 23.6. The van der Waals surface area contributed by atoms with Crippen LogP contribution >= 0.6 is 11.3 Å². The number of hydrogen-bond acceptors (Lipinski definition) is 8. The van der Waals surface area contributed by atoms with Gasteiger partial charge in [-0.25, -0.2) is 18.2 Å². The van der Waals surface area contributed by atoms with Crippen LogP contribution in [-0.4, -0.2) is 75.4 Å². The largest absolute Gasteiger partial charge is 0.490 e. The van der Waals surface area contributed by atoms with Gasteiger partial charge in [0.05, 0.1) is 40.8 Å². The minimum absolute atomic E-state index is 0.000183. The molecule has 1 aromatic carbocycles. The molecule has 0 saturated carbocycles. The lowest BCUT2D eigenvalue weighted by molar-refractivity contribution is -0.129. The minimum Gasteiger partial charge on any atom is -0.490 e. The second-order valence-electron chi connectivity index (χ2n) is 12.5. The van der Waals surface area contributed by atoms with Gasteiger partial charge in [0.2, 0.25) is 5.91 Å². The van der Waals surface area contributed by atoms with Crippen LogP contribution < -0.4 is 4.74 Å². The van der Waals surface area contributed by atoms with Gasteiger partial charge in [0.15, 0.2) is 0 Å². The SMILES string of the molecule is C=CC(=O)N1CCn2nc(-c3nc(-c4cnc5c(c4)CN(C)[C@@H](C)C5)c4scc(F)c4c3-c3c(F)cc(F)cc3OCCOC)cc2[C@H]1C. The van der Waals surface area contributed by atoms with Gasteiger partial charge in [-0.15, -0.1) is 11.3 Å². The molecule has 1 amide bonds. The number of benzene rings is 1. The Morgan fingerprint density at radius 3 is 2.67 bits per heavy atom. The molecule has 9 nitrogen and oxygen atoms in total. The van der Waals surface area contributed by atoms with Crippen molar-refractivity contribution in [3.63, 3.8) is 0 Å². The highest BCUT2D eigenvalue weighted by atomic mass is 32.1. The van der Waals surface area contributed by atoms with Gasteiger partial charge in [0, 0.05) is 78.6 Å². The lowest BCUT2D eigenvalue weighted by atomic mass is 9.94. The molecule has 0 unspecified atom stereocenters. The maximum absolute atomic E-state index is 16.2. The van der Waals surface area contributed by atoms with Crippen molar-refractivity contribution in [1.29, 1.82) is 0 Å². The van der Waals surface area contributed by atoms with Crippen molar-refractivity contribution in [1.82, 2.24) is 29.5 Å². The van der Waals surface area contributed by atoms with Crippen molar-refractivity contribution in [3.8, 4) is 39.5 Å². The zero-order chi connectivity index (χ0) is 34.6. The number of methoxy groups -OCH3 is 1. The van der Waals surface area contributed by atoms with Gasteiger partial charge in [0.25, 0.3) is 0 Å². The molecule has 49 heavy (non-hydrogen) atoms. The van der Waals surface area contributed by atoms with E-state index in [1.165, 1.54) is 18.6 Å². The maximum Gasteiger partial charge on any atom is 0.246 e. The summed E-state index contributed by atoms with van der Waals surface area (Å²) in [4.78, 5) is 26.5. The molecule has 254 valence electrons. The number of aromatic nitrogens is 4. The molecule has 13 heteroatoms. The molecule has 7 rings (SSSR count). The van der Waals surface area contributed by atoms with E-state index in [1.54, 1.807) is 21.8 Å². The number of amides is 1. The molecule has 4 aromatic heterocycles. The molecule has 5 aromatic rings. The monoisotopic (exact) mass is 688 g/mol. The minimum atomic E-state index is -0.942. The molecule has 2 atom stereocenters. The molecule has 0 fully saturated rings. The van der Waals surface area contributed by atoms with Crippen LogP contribution in [0.2, 0.25) is 0 Å².